The second-order valence-corrected chi connectivity index (χ2v) is 11.5. The summed E-state index contributed by atoms with van der Waals surface area (Å²) in [7, 11) is 0. The average Bonchev–Trinajstić information content (AvgIpc) is 3.38. The predicted molar refractivity (Wildman–Crippen MR) is 158 cm³/mol. The number of carbonyl (C=O) groups excluding carboxylic acids is 1. The molecular weight excluding hydrogens is 575 g/mol. The third-order valence-electron chi connectivity index (χ3n) is 8.06. The van der Waals surface area contributed by atoms with Gasteiger partial charge in [0, 0.05) is 36.9 Å². The Labute approximate surface area is 252 Å². The molecule has 2 aliphatic heterocycles. The fraction of sp³-hybridized carbons (Fsp3) is 0.419. The molecule has 0 bridgehead atoms. The lowest BCUT2D eigenvalue weighted by Gasteiger charge is -2.33. The van der Waals surface area contributed by atoms with Crippen molar-refractivity contribution < 1.29 is 27.4 Å². The Morgan fingerprint density at radius 2 is 2.02 bits per heavy atom. The molecule has 3 N–H and O–H groups in total. The number of nitrogens with zero attached hydrogens (tertiary/aromatic N) is 4. The van der Waals surface area contributed by atoms with Crippen LogP contribution in [0.5, 0.6) is 17.4 Å². The van der Waals surface area contributed by atoms with Crippen molar-refractivity contribution in [2.24, 2.45) is 0 Å². The molecule has 4 aromatic heterocycles. The van der Waals surface area contributed by atoms with Gasteiger partial charge in [-0.3, -0.25) is 4.98 Å². The number of aromatic amines is 1. The Bertz CT molecular complexity index is 1680. The molecule has 3 atom stereocenters. The Morgan fingerprint density at radius 1 is 1.18 bits per heavy atom. The predicted octanol–water partition coefficient (Wildman–Crippen LogP) is 6.53. The molecule has 4 aromatic rings. The van der Waals surface area contributed by atoms with Gasteiger partial charge in [-0.1, -0.05) is 6.92 Å². The third kappa shape index (κ3) is 6.28. The summed E-state index contributed by atoms with van der Waals surface area (Å²) >= 11 is 0. The summed E-state index contributed by atoms with van der Waals surface area (Å²) < 4.78 is 53.9. The first kappa shape index (κ1) is 29.7. The number of alkyl halides is 3. The van der Waals surface area contributed by atoms with Crippen molar-refractivity contribution in [1.82, 2.24) is 30.2 Å². The molecule has 0 unspecified atom stereocenters. The minimum Gasteiger partial charge on any atom is -0.474 e. The molecule has 10 nitrogen and oxygen atoms in total. The van der Waals surface area contributed by atoms with Crippen molar-refractivity contribution >= 4 is 22.8 Å². The first-order valence-electron chi connectivity index (χ1n) is 14.7. The van der Waals surface area contributed by atoms with E-state index in [4.69, 9.17) is 9.47 Å². The highest BCUT2D eigenvalue weighted by atomic mass is 19.4. The fourth-order valence-electron chi connectivity index (χ4n) is 5.87. The number of ether oxygens (including phenoxy) is 2. The average molecular weight is 610 g/mol. The van der Waals surface area contributed by atoms with Gasteiger partial charge in [0.1, 0.15) is 28.8 Å². The smallest absolute Gasteiger partial charge is 0.421 e. The molecule has 44 heavy (non-hydrogen) atoms. The molecule has 6 heterocycles. The van der Waals surface area contributed by atoms with Crippen molar-refractivity contribution in [3.63, 3.8) is 0 Å². The van der Waals surface area contributed by atoms with Crippen LogP contribution in [0.15, 0.2) is 42.9 Å². The lowest BCUT2D eigenvalue weighted by Crippen LogP contribution is -2.41. The van der Waals surface area contributed by atoms with Gasteiger partial charge in [-0.25, -0.2) is 14.8 Å². The molecule has 1 fully saturated rings. The summed E-state index contributed by atoms with van der Waals surface area (Å²) in [5, 5.41) is 6.70. The van der Waals surface area contributed by atoms with Gasteiger partial charge in [0.15, 0.2) is 0 Å². The van der Waals surface area contributed by atoms with Gasteiger partial charge in [-0.15, -0.1) is 0 Å². The maximum atomic E-state index is 14.0. The van der Waals surface area contributed by atoms with E-state index in [1.54, 1.807) is 23.4 Å². The molecule has 0 radical (unpaired) electrons. The normalized spacial score (nSPS) is 20.3. The Morgan fingerprint density at radius 3 is 2.80 bits per heavy atom. The molecule has 2 amide bonds. The van der Waals surface area contributed by atoms with E-state index in [0.717, 1.165) is 34.8 Å². The lowest BCUT2D eigenvalue weighted by atomic mass is 9.92. The standard InChI is InChI=1S/C31H34F3N7O3/c1-4-19-15-41(16-20-11-23(14-37-27(19)20)43-26-6-8-36-28-24(26)10-18(3)39-28)30(42)40-21-12-25(31(32,33)34)29(38-13-21)44-22-5-7-35-17(2)9-22/h6,8,10-14,17,19,22,35H,4-5,7,9,15-16H2,1-3H3,(H,36,39)(H,40,42)/t17-,19-,22-/m1/s1. The Hall–Kier alpha value is -4.39. The second-order valence-electron chi connectivity index (χ2n) is 11.5. The van der Waals surface area contributed by atoms with Crippen LogP contribution in [0, 0.1) is 6.92 Å². The number of aryl methyl sites for hydroxylation is 1. The van der Waals surface area contributed by atoms with Crippen LogP contribution in [-0.2, 0) is 12.7 Å². The van der Waals surface area contributed by atoms with Gasteiger partial charge in [0.25, 0.3) is 0 Å². The molecule has 0 aromatic carbocycles. The van der Waals surface area contributed by atoms with Gasteiger partial charge in [0.05, 0.1) is 29.2 Å². The van der Waals surface area contributed by atoms with Crippen molar-refractivity contribution in [3.8, 4) is 17.4 Å². The van der Waals surface area contributed by atoms with E-state index in [9.17, 15) is 18.0 Å². The van der Waals surface area contributed by atoms with Gasteiger partial charge >= 0.3 is 12.2 Å². The number of aromatic nitrogens is 4. The minimum absolute atomic E-state index is 0.0504. The number of anilines is 1. The minimum atomic E-state index is -4.71. The van der Waals surface area contributed by atoms with Gasteiger partial charge in [0.2, 0.25) is 5.88 Å². The lowest BCUT2D eigenvalue weighted by molar-refractivity contribution is -0.139. The number of pyridine rings is 3. The number of urea groups is 1. The first-order valence-corrected chi connectivity index (χ1v) is 14.7. The Kier molecular flexibility index (Phi) is 8.06. The summed E-state index contributed by atoms with van der Waals surface area (Å²) in [4.78, 5) is 31.1. The van der Waals surface area contributed by atoms with E-state index in [0.29, 0.717) is 43.1 Å². The van der Waals surface area contributed by atoms with Crippen LogP contribution in [-0.4, -0.2) is 56.1 Å². The highest BCUT2D eigenvalue weighted by Gasteiger charge is 2.37. The zero-order valence-corrected chi connectivity index (χ0v) is 24.7. The van der Waals surface area contributed by atoms with Crippen LogP contribution >= 0.6 is 0 Å². The summed E-state index contributed by atoms with van der Waals surface area (Å²) in [6, 6.07) is 6.06. The van der Waals surface area contributed by atoms with Crippen LogP contribution in [0.1, 0.15) is 61.5 Å². The molecule has 1 saturated heterocycles. The number of hydrogen-bond acceptors (Lipinski definition) is 7. The molecule has 0 aliphatic carbocycles. The monoisotopic (exact) mass is 609 g/mol. The molecule has 0 spiro atoms. The number of hydrogen-bond donors (Lipinski definition) is 3. The Balaban J connectivity index is 1.19. The van der Waals surface area contributed by atoms with E-state index < -0.39 is 23.7 Å². The van der Waals surface area contributed by atoms with Crippen LogP contribution in [0.2, 0.25) is 0 Å². The van der Waals surface area contributed by atoms with Crippen molar-refractivity contribution in [3.05, 3.63) is 65.4 Å². The number of rotatable bonds is 6. The molecule has 232 valence electrons. The van der Waals surface area contributed by atoms with E-state index in [1.165, 1.54) is 6.20 Å². The topological polar surface area (TPSA) is 117 Å². The summed E-state index contributed by atoms with van der Waals surface area (Å²) in [5.74, 6) is 0.594. The number of amides is 2. The summed E-state index contributed by atoms with van der Waals surface area (Å²) in [6.07, 6.45) is 1.32. The maximum Gasteiger partial charge on any atom is 0.421 e. The van der Waals surface area contributed by atoms with Crippen LogP contribution < -0.4 is 20.1 Å². The summed E-state index contributed by atoms with van der Waals surface area (Å²) in [5.41, 5.74) is 2.26. The van der Waals surface area contributed by atoms with E-state index >= 15 is 0 Å². The number of halogens is 3. The van der Waals surface area contributed by atoms with E-state index in [1.807, 2.05) is 32.9 Å². The molecule has 13 heteroatoms. The SMILES string of the molecule is CC[C@@H]1CN(C(=O)Nc2cnc(O[C@@H]3CCN[C@H](C)C3)c(C(F)(F)F)c2)Cc2cc(Oc3ccnc4[nH]c(C)cc34)cnc21. The molecule has 6 rings (SSSR count). The van der Waals surface area contributed by atoms with Crippen LogP contribution in [0.3, 0.4) is 0 Å². The number of nitrogens with one attached hydrogen (secondary N) is 3. The molecular formula is C31H34F3N7O3. The van der Waals surface area contributed by atoms with Crippen LogP contribution in [0.4, 0.5) is 23.7 Å². The van der Waals surface area contributed by atoms with Crippen molar-refractivity contribution in [1.29, 1.82) is 0 Å². The zero-order valence-electron chi connectivity index (χ0n) is 24.7. The first-order chi connectivity index (χ1) is 21.1. The van der Waals surface area contributed by atoms with Crippen molar-refractivity contribution in [2.45, 2.75) is 70.8 Å². The molecule has 2 aliphatic rings. The van der Waals surface area contributed by atoms with Gasteiger partial charge in [-0.2, -0.15) is 13.2 Å². The highest BCUT2D eigenvalue weighted by molar-refractivity contribution is 5.89. The highest BCUT2D eigenvalue weighted by Crippen LogP contribution is 2.38. The third-order valence-corrected chi connectivity index (χ3v) is 8.06. The maximum absolute atomic E-state index is 14.0. The summed E-state index contributed by atoms with van der Waals surface area (Å²) in [6.45, 7) is 7.14. The fourth-order valence-corrected chi connectivity index (χ4v) is 5.87. The zero-order chi connectivity index (χ0) is 31.0. The van der Waals surface area contributed by atoms with E-state index in [-0.39, 0.29) is 30.3 Å². The number of carbonyl (C=O) groups is 1. The second kappa shape index (κ2) is 11.9. The number of fused-ring (bicyclic) bond motifs is 2. The largest absolute Gasteiger partial charge is 0.474 e. The van der Waals surface area contributed by atoms with Crippen molar-refractivity contribution in [2.75, 3.05) is 18.4 Å². The quantitative estimate of drug-likeness (QED) is 0.228. The number of H-pyrrole nitrogens is 1. The van der Waals surface area contributed by atoms with Crippen LogP contribution in [0.25, 0.3) is 11.0 Å². The molecule has 0 saturated carbocycles. The van der Waals surface area contributed by atoms with Gasteiger partial charge < -0.3 is 30.0 Å². The van der Waals surface area contributed by atoms with Gasteiger partial charge in [-0.05, 0) is 69.5 Å². The number of piperidine rings is 1. The van der Waals surface area contributed by atoms with E-state index in [2.05, 4.69) is 30.6 Å².